The maximum atomic E-state index is 14.6. The molecule has 1 N–H and O–H groups in total. The van der Waals surface area contributed by atoms with Crippen molar-refractivity contribution in [2.45, 2.75) is 76.5 Å². The van der Waals surface area contributed by atoms with E-state index in [1.807, 2.05) is 32.4 Å². The van der Waals surface area contributed by atoms with Crippen molar-refractivity contribution in [1.82, 2.24) is 14.2 Å². The molecule has 1 aromatic rings. The standard InChI is InChI=1S/C23H40N4O7P2/c1-16(2)36(31,17(3)4)27(12-8-11-24)21-18(10-14-35(30,33-6)34-7)15-19(22(21)32-5)26-13-9-20(28)25-23(26)29/h9,13,16-19,21-22H,8,10,12,14-15H2,1-7H3,(H,25,28,29)/t18-,19+,21+,22-/m0/s1. The summed E-state index contributed by atoms with van der Waals surface area (Å²) in [5.41, 5.74) is -1.44. The van der Waals surface area contributed by atoms with Crippen LogP contribution in [0.25, 0.3) is 0 Å². The molecule has 1 saturated carbocycles. The molecule has 0 spiro atoms. The molecule has 0 bridgehead atoms. The van der Waals surface area contributed by atoms with Crippen molar-refractivity contribution in [3.8, 4) is 6.07 Å². The Bertz CT molecular complexity index is 1110. The second-order valence-corrected chi connectivity index (χ2v) is 16.0. The second-order valence-electron chi connectivity index (χ2n) is 9.69. The molecule has 36 heavy (non-hydrogen) atoms. The lowest BCUT2D eigenvalue weighted by Crippen LogP contribution is -2.48. The Balaban J connectivity index is 2.67. The van der Waals surface area contributed by atoms with Crippen LogP contribution in [0.5, 0.6) is 0 Å². The summed E-state index contributed by atoms with van der Waals surface area (Å²) in [5.74, 6) is -0.207. The molecular formula is C23H40N4O7P2. The average molecular weight is 547 g/mol. The molecule has 1 aliphatic rings. The van der Waals surface area contributed by atoms with Gasteiger partial charge in [0, 0.05) is 63.9 Å². The predicted octanol–water partition coefficient (Wildman–Crippen LogP) is 3.67. The van der Waals surface area contributed by atoms with Gasteiger partial charge in [0.1, 0.15) is 0 Å². The zero-order valence-corrected chi connectivity index (χ0v) is 24.0. The lowest BCUT2D eigenvalue weighted by Gasteiger charge is -2.44. The topological polar surface area (TPSA) is 144 Å². The predicted molar refractivity (Wildman–Crippen MR) is 139 cm³/mol. The smallest absolute Gasteiger partial charge is 0.330 e. The fourth-order valence-electron chi connectivity index (χ4n) is 5.49. The molecule has 0 radical (unpaired) electrons. The van der Waals surface area contributed by atoms with Gasteiger partial charge in [-0.25, -0.2) is 9.46 Å². The van der Waals surface area contributed by atoms with Crippen molar-refractivity contribution >= 4 is 14.9 Å². The molecule has 0 saturated heterocycles. The third-order valence-electron chi connectivity index (χ3n) is 7.23. The van der Waals surface area contributed by atoms with Crippen molar-refractivity contribution < 1.29 is 22.9 Å². The zero-order valence-electron chi connectivity index (χ0n) is 22.2. The van der Waals surface area contributed by atoms with Crippen LogP contribution < -0.4 is 11.2 Å². The first-order chi connectivity index (χ1) is 16.9. The Morgan fingerprint density at radius 3 is 2.25 bits per heavy atom. The van der Waals surface area contributed by atoms with Crippen molar-refractivity contribution in [1.29, 1.82) is 5.26 Å². The molecule has 1 fully saturated rings. The van der Waals surface area contributed by atoms with Crippen LogP contribution in [0.15, 0.2) is 21.9 Å². The number of rotatable bonds is 13. The lowest BCUT2D eigenvalue weighted by molar-refractivity contribution is 0.0253. The van der Waals surface area contributed by atoms with Gasteiger partial charge in [-0.1, -0.05) is 27.7 Å². The number of methoxy groups -OCH3 is 1. The van der Waals surface area contributed by atoms with Crippen LogP contribution in [0.2, 0.25) is 0 Å². The van der Waals surface area contributed by atoms with Gasteiger partial charge in [-0.15, -0.1) is 0 Å². The Labute approximate surface area is 213 Å². The maximum absolute atomic E-state index is 14.6. The largest absolute Gasteiger partial charge is 0.378 e. The van der Waals surface area contributed by atoms with Crippen molar-refractivity contribution in [3.63, 3.8) is 0 Å². The highest BCUT2D eigenvalue weighted by molar-refractivity contribution is 7.62. The summed E-state index contributed by atoms with van der Waals surface area (Å²) in [7, 11) is -2.14. The van der Waals surface area contributed by atoms with Gasteiger partial charge in [0.25, 0.3) is 5.56 Å². The quantitative estimate of drug-likeness (QED) is 0.367. The van der Waals surface area contributed by atoms with Gasteiger partial charge in [-0.2, -0.15) is 5.26 Å². The minimum Gasteiger partial charge on any atom is -0.378 e. The van der Waals surface area contributed by atoms with Gasteiger partial charge >= 0.3 is 13.3 Å². The molecule has 204 valence electrons. The third-order valence-corrected chi connectivity index (χ3v) is 13.4. The van der Waals surface area contributed by atoms with E-state index in [-0.39, 0.29) is 36.4 Å². The number of ether oxygens (including phenoxy) is 1. The summed E-state index contributed by atoms with van der Waals surface area (Å²) in [4.78, 5) is 26.7. The molecule has 1 heterocycles. The second kappa shape index (κ2) is 12.8. The van der Waals surface area contributed by atoms with Crippen LogP contribution in [0.4, 0.5) is 0 Å². The molecule has 0 unspecified atom stereocenters. The zero-order chi connectivity index (χ0) is 27.3. The molecule has 1 aromatic heterocycles. The van der Waals surface area contributed by atoms with E-state index in [0.29, 0.717) is 12.8 Å². The van der Waals surface area contributed by atoms with Gasteiger partial charge in [-0.05, 0) is 18.8 Å². The van der Waals surface area contributed by atoms with Gasteiger partial charge in [0.2, 0.25) is 0 Å². The highest BCUT2D eigenvalue weighted by atomic mass is 31.2. The number of H-pyrrole nitrogens is 1. The van der Waals surface area contributed by atoms with Crippen LogP contribution >= 0.6 is 14.9 Å². The van der Waals surface area contributed by atoms with E-state index in [4.69, 9.17) is 13.8 Å². The SMILES string of the molecule is CO[C@@H]1[C@H](N(CCC#N)P(=O)(C(C)C)C(C)C)[C@@H](CCP(=O)(OC)OC)C[C@H]1n1ccc(=O)[nH]c1=O. The molecule has 0 aromatic carbocycles. The summed E-state index contributed by atoms with van der Waals surface area (Å²) >= 11 is 0. The fraction of sp³-hybridized carbons (Fsp3) is 0.783. The monoisotopic (exact) mass is 546 g/mol. The number of hydrogen-bond donors (Lipinski definition) is 1. The Morgan fingerprint density at radius 2 is 1.78 bits per heavy atom. The van der Waals surface area contributed by atoms with Gasteiger partial charge in [0.05, 0.1) is 24.4 Å². The minimum atomic E-state index is -3.32. The molecule has 0 amide bonds. The first kappa shape index (κ1) is 30.7. The summed E-state index contributed by atoms with van der Waals surface area (Å²) in [5, 5.41) is 9.41. The highest BCUT2D eigenvalue weighted by Crippen LogP contribution is 2.62. The van der Waals surface area contributed by atoms with Crippen LogP contribution in [0.1, 0.15) is 53.0 Å². The van der Waals surface area contributed by atoms with Crippen LogP contribution in [-0.4, -0.2) is 71.7 Å². The summed E-state index contributed by atoms with van der Waals surface area (Å²) in [6, 6.07) is 2.53. The first-order valence-electron chi connectivity index (χ1n) is 12.2. The van der Waals surface area contributed by atoms with Crippen LogP contribution in [0.3, 0.4) is 0 Å². The van der Waals surface area contributed by atoms with Crippen molar-refractivity contribution in [3.05, 3.63) is 33.1 Å². The van der Waals surface area contributed by atoms with Crippen molar-refractivity contribution in [2.75, 3.05) is 34.0 Å². The van der Waals surface area contributed by atoms with Crippen LogP contribution in [0, 0.1) is 17.2 Å². The lowest BCUT2D eigenvalue weighted by atomic mass is 9.99. The Hall–Kier alpha value is -1.53. The Morgan fingerprint density at radius 1 is 1.17 bits per heavy atom. The molecule has 11 nitrogen and oxygen atoms in total. The summed E-state index contributed by atoms with van der Waals surface area (Å²) in [6.45, 7) is 7.93. The molecule has 0 aliphatic heterocycles. The molecule has 1 aliphatic carbocycles. The molecule has 2 rings (SSSR count). The molecular weight excluding hydrogens is 506 g/mol. The fourth-order valence-corrected chi connectivity index (χ4v) is 10.2. The van der Waals surface area contributed by atoms with Crippen molar-refractivity contribution in [2.24, 2.45) is 5.92 Å². The normalized spacial score (nSPS) is 23.0. The van der Waals surface area contributed by atoms with Crippen LogP contribution in [-0.2, 0) is 22.9 Å². The van der Waals surface area contributed by atoms with Gasteiger partial charge < -0.3 is 18.3 Å². The molecule has 4 atom stereocenters. The minimum absolute atomic E-state index is 0.130. The number of nitrogens with zero attached hydrogens (tertiary/aromatic N) is 3. The number of nitrogens with one attached hydrogen (secondary N) is 1. The van der Waals surface area contributed by atoms with E-state index in [2.05, 4.69) is 11.1 Å². The summed E-state index contributed by atoms with van der Waals surface area (Å²) < 4.78 is 47.1. The third kappa shape index (κ3) is 6.30. The van der Waals surface area contributed by atoms with Gasteiger partial charge in [0.15, 0.2) is 7.29 Å². The summed E-state index contributed by atoms with van der Waals surface area (Å²) in [6.07, 6.45) is 2.01. The average Bonchev–Trinajstić information content (AvgIpc) is 3.20. The molecule has 13 heteroatoms. The number of aromatic amines is 1. The van der Waals surface area contributed by atoms with E-state index >= 15 is 0 Å². The maximum Gasteiger partial charge on any atom is 0.330 e. The van der Waals surface area contributed by atoms with E-state index in [9.17, 15) is 24.0 Å². The Kier molecular flexibility index (Phi) is 10.9. The highest BCUT2D eigenvalue weighted by Gasteiger charge is 2.53. The van der Waals surface area contributed by atoms with E-state index in [1.165, 1.54) is 38.2 Å². The van der Waals surface area contributed by atoms with E-state index < -0.39 is 44.3 Å². The van der Waals surface area contributed by atoms with E-state index in [1.54, 1.807) is 0 Å². The van der Waals surface area contributed by atoms with Gasteiger partial charge in [-0.3, -0.25) is 18.9 Å². The number of aromatic nitrogens is 2. The number of hydrogen-bond acceptors (Lipinski definition) is 8. The van der Waals surface area contributed by atoms with E-state index in [0.717, 1.165) is 0 Å². The first-order valence-corrected chi connectivity index (χ1v) is 15.7. The number of nitriles is 1.